The molecule has 0 atom stereocenters. The van der Waals surface area contributed by atoms with Gasteiger partial charge in [-0.05, 0) is 48.9 Å². The first kappa shape index (κ1) is 22.7. The molecular formula is C24H20N4O5S. The number of carbonyl (C=O) groups is 1. The largest absolute Gasteiger partial charge is 0.478 e. The zero-order valence-corrected chi connectivity index (χ0v) is 18.8. The lowest BCUT2D eigenvalue weighted by molar-refractivity contribution is 0.0696. The van der Waals surface area contributed by atoms with Gasteiger partial charge in [-0.25, -0.2) is 22.9 Å². The van der Waals surface area contributed by atoms with Crippen LogP contribution < -0.4 is 15.2 Å². The van der Waals surface area contributed by atoms with E-state index in [0.29, 0.717) is 11.4 Å². The van der Waals surface area contributed by atoms with E-state index in [9.17, 15) is 18.3 Å². The summed E-state index contributed by atoms with van der Waals surface area (Å²) in [4.78, 5) is 19.8. The zero-order valence-electron chi connectivity index (χ0n) is 18.0. The zero-order chi connectivity index (χ0) is 24.3. The third kappa shape index (κ3) is 5.13. The van der Waals surface area contributed by atoms with Crippen LogP contribution in [0.5, 0.6) is 11.6 Å². The summed E-state index contributed by atoms with van der Waals surface area (Å²) in [5.74, 6) is -1.07. The summed E-state index contributed by atoms with van der Waals surface area (Å²) in [6.45, 7) is 1.89. The number of aromatic carboxylic acids is 1. The summed E-state index contributed by atoms with van der Waals surface area (Å²) in [6.07, 6.45) is 0. The van der Waals surface area contributed by atoms with Crippen molar-refractivity contribution in [3.05, 3.63) is 90.0 Å². The second-order valence-electron chi connectivity index (χ2n) is 7.34. The quantitative estimate of drug-likeness (QED) is 0.334. The fraction of sp³-hybridized carbons (Fsp3) is 0.0417. The molecule has 0 spiro atoms. The van der Waals surface area contributed by atoms with Gasteiger partial charge in [-0.15, -0.1) is 0 Å². The van der Waals surface area contributed by atoms with Crippen LogP contribution in [0.2, 0.25) is 0 Å². The predicted molar refractivity (Wildman–Crippen MR) is 127 cm³/mol. The Labute approximate surface area is 195 Å². The Kier molecular flexibility index (Phi) is 6.15. The molecule has 0 unspecified atom stereocenters. The number of sulfonamides is 1. The molecular weight excluding hydrogens is 456 g/mol. The number of anilines is 2. The summed E-state index contributed by atoms with van der Waals surface area (Å²) in [5.41, 5.74) is 8.13. The normalized spacial score (nSPS) is 11.1. The SMILES string of the molecule is Cc1ccccc1-c1cc(Oc2cccc(C(=O)O)c2)nc(NS(=O)(=O)c2cccc(N)c2)n1. The molecule has 0 saturated carbocycles. The number of hydrogen-bond donors (Lipinski definition) is 3. The minimum atomic E-state index is -4.04. The highest BCUT2D eigenvalue weighted by atomic mass is 32.2. The van der Waals surface area contributed by atoms with Crippen molar-refractivity contribution in [1.82, 2.24) is 9.97 Å². The van der Waals surface area contributed by atoms with Gasteiger partial charge in [-0.2, -0.15) is 4.98 Å². The van der Waals surface area contributed by atoms with E-state index in [1.165, 1.54) is 36.4 Å². The molecule has 4 aromatic rings. The first-order valence-electron chi connectivity index (χ1n) is 10.1. The van der Waals surface area contributed by atoms with E-state index in [1.807, 2.05) is 31.2 Å². The van der Waals surface area contributed by atoms with Crippen LogP contribution in [0.1, 0.15) is 15.9 Å². The number of ether oxygens (including phenoxy) is 1. The van der Waals surface area contributed by atoms with Crippen LogP contribution in [0.3, 0.4) is 0 Å². The molecule has 10 heteroatoms. The summed E-state index contributed by atoms with van der Waals surface area (Å²) in [5, 5.41) is 9.23. The lowest BCUT2D eigenvalue weighted by atomic mass is 10.1. The molecule has 0 aliphatic carbocycles. The summed E-state index contributed by atoms with van der Waals surface area (Å²) in [7, 11) is -4.04. The van der Waals surface area contributed by atoms with Crippen LogP contribution in [-0.4, -0.2) is 29.5 Å². The van der Waals surface area contributed by atoms with Gasteiger partial charge >= 0.3 is 5.97 Å². The van der Waals surface area contributed by atoms with Gasteiger partial charge in [-0.1, -0.05) is 36.4 Å². The summed E-state index contributed by atoms with van der Waals surface area (Å²) in [6, 6.07) is 20.7. The van der Waals surface area contributed by atoms with Crippen molar-refractivity contribution in [3.8, 4) is 22.9 Å². The Morgan fingerprint density at radius 2 is 1.74 bits per heavy atom. The molecule has 0 radical (unpaired) electrons. The van der Waals surface area contributed by atoms with E-state index < -0.39 is 16.0 Å². The maximum Gasteiger partial charge on any atom is 0.335 e. The molecule has 0 bridgehead atoms. The molecule has 0 amide bonds. The number of nitrogen functional groups attached to an aromatic ring is 1. The highest BCUT2D eigenvalue weighted by Crippen LogP contribution is 2.29. The number of aromatic nitrogens is 2. The summed E-state index contributed by atoms with van der Waals surface area (Å²) < 4.78 is 34.0. The van der Waals surface area contributed by atoms with Gasteiger partial charge in [0.25, 0.3) is 10.0 Å². The first-order valence-corrected chi connectivity index (χ1v) is 11.5. The average Bonchev–Trinajstić information content (AvgIpc) is 2.79. The van der Waals surface area contributed by atoms with Crippen molar-refractivity contribution in [2.75, 3.05) is 10.5 Å². The average molecular weight is 477 g/mol. The second-order valence-corrected chi connectivity index (χ2v) is 9.03. The van der Waals surface area contributed by atoms with Crippen LogP contribution in [0, 0.1) is 6.92 Å². The Balaban J connectivity index is 1.77. The second kappa shape index (κ2) is 9.20. The molecule has 0 aliphatic rings. The third-order valence-electron chi connectivity index (χ3n) is 4.82. The highest BCUT2D eigenvalue weighted by molar-refractivity contribution is 7.92. The van der Waals surface area contributed by atoms with E-state index >= 15 is 0 Å². The summed E-state index contributed by atoms with van der Waals surface area (Å²) >= 11 is 0. The van der Waals surface area contributed by atoms with E-state index in [2.05, 4.69) is 14.7 Å². The molecule has 9 nitrogen and oxygen atoms in total. The number of nitrogens with zero attached hydrogens (tertiary/aromatic N) is 2. The number of carboxylic acids is 1. The van der Waals surface area contributed by atoms with Gasteiger partial charge in [0.15, 0.2) is 0 Å². The van der Waals surface area contributed by atoms with E-state index in [0.717, 1.165) is 11.1 Å². The van der Waals surface area contributed by atoms with Crippen molar-refractivity contribution < 1.29 is 23.1 Å². The Bertz CT molecular complexity index is 1490. The van der Waals surface area contributed by atoms with Gasteiger partial charge in [0, 0.05) is 17.3 Å². The molecule has 0 aliphatic heterocycles. The molecule has 0 fully saturated rings. The molecule has 172 valence electrons. The lowest BCUT2D eigenvalue weighted by Gasteiger charge is -2.13. The number of hydrogen-bond acceptors (Lipinski definition) is 7. The standard InChI is InChI=1S/C24H20N4O5S/c1-15-6-2-3-11-20(15)21-14-22(33-18-9-4-7-16(12-18)23(29)30)27-24(26-21)28-34(31,32)19-10-5-8-17(25)13-19/h2-14H,25H2,1H3,(H,29,30)(H,26,27,28). The number of carboxylic acid groups (broad SMARTS) is 1. The predicted octanol–water partition coefficient (Wildman–Crippen LogP) is 4.33. The number of nitrogens with two attached hydrogens (primary N) is 1. The van der Waals surface area contributed by atoms with Crippen molar-refractivity contribution in [1.29, 1.82) is 0 Å². The first-order chi connectivity index (χ1) is 16.2. The molecule has 3 aromatic carbocycles. The van der Waals surface area contributed by atoms with Crippen molar-refractivity contribution in [2.45, 2.75) is 11.8 Å². The van der Waals surface area contributed by atoms with Gasteiger partial charge < -0.3 is 15.6 Å². The molecule has 4 rings (SSSR count). The highest BCUT2D eigenvalue weighted by Gasteiger charge is 2.19. The van der Waals surface area contributed by atoms with Gasteiger partial charge in [0.1, 0.15) is 5.75 Å². The van der Waals surface area contributed by atoms with E-state index in [-0.39, 0.29) is 28.0 Å². The van der Waals surface area contributed by atoms with Crippen LogP contribution in [0.25, 0.3) is 11.3 Å². The lowest BCUT2D eigenvalue weighted by Crippen LogP contribution is -2.15. The molecule has 4 N–H and O–H groups in total. The van der Waals surface area contributed by atoms with Crippen LogP contribution in [-0.2, 0) is 10.0 Å². The number of rotatable bonds is 7. The van der Waals surface area contributed by atoms with Crippen LogP contribution >= 0.6 is 0 Å². The Morgan fingerprint density at radius 3 is 2.47 bits per heavy atom. The van der Waals surface area contributed by atoms with Gasteiger partial charge in [0.2, 0.25) is 11.8 Å². The smallest absolute Gasteiger partial charge is 0.335 e. The minimum absolute atomic E-state index is 0.0288. The van der Waals surface area contributed by atoms with Gasteiger partial charge in [0.05, 0.1) is 16.2 Å². The Hall–Kier alpha value is -4.44. The number of benzene rings is 3. The maximum absolute atomic E-state index is 12.9. The van der Waals surface area contributed by atoms with Gasteiger partial charge in [-0.3, -0.25) is 0 Å². The Morgan fingerprint density at radius 1 is 0.971 bits per heavy atom. The number of aryl methyl sites for hydroxylation is 1. The maximum atomic E-state index is 12.9. The minimum Gasteiger partial charge on any atom is -0.478 e. The molecule has 0 saturated heterocycles. The van der Waals surface area contributed by atoms with E-state index in [1.54, 1.807) is 18.2 Å². The third-order valence-corrected chi connectivity index (χ3v) is 6.15. The molecule has 1 aromatic heterocycles. The fourth-order valence-corrected chi connectivity index (χ4v) is 4.19. The van der Waals surface area contributed by atoms with Crippen LogP contribution in [0.15, 0.2) is 83.8 Å². The molecule has 34 heavy (non-hydrogen) atoms. The number of nitrogens with one attached hydrogen (secondary N) is 1. The van der Waals surface area contributed by atoms with Crippen molar-refractivity contribution >= 4 is 27.6 Å². The van der Waals surface area contributed by atoms with Crippen molar-refractivity contribution in [3.63, 3.8) is 0 Å². The monoisotopic (exact) mass is 476 g/mol. The van der Waals surface area contributed by atoms with E-state index in [4.69, 9.17) is 10.5 Å². The fourth-order valence-electron chi connectivity index (χ4n) is 3.20. The topological polar surface area (TPSA) is 144 Å². The van der Waals surface area contributed by atoms with Crippen molar-refractivity contribution in [2.24, 2.45) is 0 Å². The van der Waals surface area contributed by atoms with Crippen LogP contribution in [0.4, 0.5) is 11.6 Å². The molecule has 1 heterocycles.